The third-order valence-corrected chi connectivity index (χ3v) is 5.88. The van der Waals surface area contributed by atoms with Gasteiger partial charge in [0.1, 0.15) is 12.4 Å². The van der Waals surface area contributed by atoms with E-state index in [2.05, 4.69) is 5.32 Å². The van der Waals surface area contributed by atoms with Crippen LogP contribution in [0.1, 0.15) is 19.4 Å². The third kappa shape index (κ3) is 6.09. The maximum atomic E-state index is 13.1. The molecule has 0 unspecified atom stereocenters. The number of halogens is 1. The molecule has 4 rings (SSSR count). The van der Waals surface area contributed by atoms with Gasteiger partial charge in [-0.3, -0.25) is 9.59 Å². The quantitative estimate of drug-likeness (QED) is 0.299. The van der Waals surface area contributed by atoms with Crippen molar-refractivity contribution in [1.82, 2.24) is 14.7 Å². The van der Waals surface area contributed by atoms with E-state index >= 15 is 0 Å². The van der Waals surface area contributed by atoms with Crippen molar-refractivity contribution in [1.29, 1.82) is 0 Å². The van der Waals surface area contributed by atoms with E-state index in [0.29, 0.717) is 22.2 Å². The average Bonchev–Trinajstić information content (AvgIpc) is 3.30. The number of nitrogens with one attached hydrogen (secondary N) is 1. The largest absolute Gasteiger partial charge is 0.327 e. The first kappa shape index (κ1) is 24.9. The highest BCUT2D eigenvalue weighted by Gasteiger charge is 2.21. The van der Waals surface area contributed by atoms with Crippen LogP contribution < -0.4 is 5.32 Å². The van der Waals surface area contributed by atoms with Gasteiger partial charge in [-0.1, -0.05) is 84.4 Å². The number of aromatic nitrogens is 2. The first-order valence-electron chi connectivity index (χ1n) is 11.7. The summed E-state index contributed by atoms with van der Waals surface area (Å²) in [6.45, 7) is 3.65. The molecule has 0 saturated heterocycles. The molecule has 0 aliphatic rings. The highest BCUT2D eigenvalue weighted by Crippen LogP contribution is 2.28. The SMILES string of the molecule is CC(C)N(CC(=O)Nc1cc(-c2ccccc2)nn1-c1ccccc1Cl)C(=O)/C=C/c1ccccc1. The second-order valence-electron chi connectivity index (χ2n) is 8.50. The molecule has 0 aliphatic heterocycles. The van der Waals surface area contributed by atoms with Crippen LogP contribution in [0.25, 0.3) is 23.0 Å². The molecule has 0 atom stereocenters. The summed E-state index contributed by atoms with van der Waals surface area (Å²) in [6, 6.07) is 28.2. The Morgan fingerprint density at radius 1 is 0.972 bits per heavy atom. The molecule has 0 spiro atoms. The molecule has 4 aromatic rings. The summed E-state index contributed by atoms with van der Waals surface area (Å²) in [6.07, 6.45) is 3.23. The van der Waals surface area contributed by atoms with Crippen LogP contribution in [0.3, 0.4) is 0 Å². The lowest BCUT2D eigenvalue weighted by Gasteiger charge is -2.25. The molecule has 2 amide bonds. The molecule has 0 radical (unpaired) electrons. The molecule has 0 bridgehead atoms. The Balaban J connectivity index is 1.57. The summed E-state index contributed by atoms with van der Waals surface area (Å²) in [5, 5.41) is 8.13. The van der Waals surface area contributed by atoms with E-state index in [1.54, 1.807) is 22.9 Å². The van der Waals surface area contributed by atoms with Gasteiger partial charge >= 0.3 is 0 Å². The fraction of sp³-hybridized carbons (Fsp3) is 0.138. The maximum absolute atomic E-state index is 13.1. The number of hydrogen-bond donors (Lipinski definition) is 1. The number of carbonyl (C=O) groups excluding carboxylic acids is 2. The fourth-order valence-electron chi connectivity index (χ4n) is 3.71. The number of amides is 2. The van der Waals surface area contributed by atoms with Crippen molar-refractivity contribution in [2.45, 2.75) is 19.9 Å². The van der Waals surface area contributed by atoms with Crippen molar-refractivity contribution in [3.8, 4) is 16.9 Å². The normalized spacial score (nSPS) is 11.1. The van der Waals surface area contributed by atoms with Gasteiger partial charge in [-0.2, -0.15) is 5.10 Å². The van der Waals surface area contributed by atoms with Crippen LogP contribution in [0, 0.1) is 0 Å². The molecule has 3 aromatic carbocycles. The van der Waals surface area contributed by atoms with Gasteiger partial charge in [-0.25, -0.2) is 4.68 Å². The van der Waals surface area contributed by atoms with Crippen LogP contribution in [-0.4, -0.2) is 39.1 Å². The average molecular weight is 499 g/mol. The van der Waals surface area contributed by atoms with Gasteiger partial charge in [0, 0.05) is 23.7 Å². The second-order valence-corrected chi connectivity index (χ2v) is 8.90. The summed E-state index contributed by atoms with van der Waals surface area (Å²) in [5.74, 6) is -0.116. The van der Waals surface area contributed by atoms with Crippen molar-refractivity contribution in [3.63, 3.8) is 0 Å². The molecular formula is C29H27ClN4O2. The van der Waals surface area contributed by atoms with Gasteiger partial charge in [0.05, 0.1) is 16.4 Å². The van der Waals surface area contributed by atoms with E-state index in [4.69, 9.17) is 16.7 Å². The molecular weight excluding hydrogens is 472 g/mol. The summed E-state index contributed by atoms with van der Waals surface area (Å²) in [7, 11) is 0. The van der Waals surface area contributed by atoms with Gasteiger partial charge in [0.15, 0.2) is 0 Å². The molecule has 0 aliphatic carbocycles. The molecule has 182 valence electrons. The Hall–Kier alpha value is -4.16. The Morgan fingerprint density at radius 3 is 2.28 bits per heavy atom. The van der Waals surface area contributed by atoms with Gasteiger partial charge in [0.2, 0.25) is 11.8 Å². The van der Waals surface area contributed by atoms with Gasteiger partial charge < -0.3 is 10.2 Å². The number of para-hydroxylation sites is 1. The molecule has 1 heterocycles. The molecule has 36 heavy (non-hydrogen) atoms. The Kier molecular flexibility index (Phi) is 7.98. The standard InChI is InChI=1S/C29H27ClN4O2/c1-21(2)33(29(36)18-17-22-11-5-3-6-12-22)20-28(35)31-27-19-25(23-13-7-4-8-14-23)32-34(27)26-16-10-9-15-24(26)30/h3-19,21H,20H2,1-2H3,(H,31,35)/b18-17+. The molecule has 0 fully saturated rings. The van der Waals surface area contributed by atoms with Crippen molar-refractivity contribution in [2.75, 3.05) is 11.9 Å². The second kappa shape index (κ2) is 11.5. The predicted molar refractivity (Wildman–Crippen MR) is 145 cm³/mol. The Morgan fingerprint density at radius 2 is 1.61 bits per heavy atom. The van der Waals surface area contributed by atoms with Crippen LogP contribution in [0.4, 0.5) is 5.82 Å². The number of hydrogen-bond acceptors (Lipinski definition) is 3. The molecule has 6 nitrogen and oxygen atoms in total. The van der Waals surface area contributed by atoms with Crippen molar-refractivity contribution < 1.29 is 9.59 Å². The monoisotopic (exact) mass is 498 g/mol. The van der Waals surface area contributed by atoms with Gasteiger partial charge in [-0.05, 0) is 37.6 Å². The van der Waals surface area contributed by atoms with E-state index in [-0.39, 0.29) is 24.4 Å². The summed E-state index contributed by atoms with van der Waals surface area (Å²) < 4.78 is 1.61. The minimum absolute atomic E-state index is 0.107. The zero-order chi connectivity index (χ0) is 25.5. The van der Waals surface area contributed by atoms with Crippen LogP contribution in [0.5, 0.6) is 0 Å². The molecule has 1 N–H and O–H groups in total. The Bertz CT molecular complexity index is 1360. The number of nitrogens with zero attached hydrogens (tertiary/aromatic N) is 3. The topological polar surface area (TPSA) is 67.2 Å². The zero-order valence-electron chi connectivity index (χ0n) is 20.1. The smallest absolute Gasteiger partial charge is 0.247 e. The summed E-state index contributed by atoms with van der Waals surface area (Å²) >= 11 is 6.44. The van der Waals surface area contributed by atoms with E-state index in [1.807, 2.05) is 92.7 Å². The van der Waals surface area contributed by atoms with Crippen molar-refractivity contribution >= 4 is 35.3 Å². The number of rotatable bonds is 8. The predicted octanol–water partition coefficient (Wildman–Crippen LogP) is 6.08. The van der Waals surface area contributed by atoms with E-state index in [9.17, 15) is 9.59 Å². The highest BCUT2D eigenvalue weighted by molar-refractivity contribution is 6.32. The number of benzene rings is 3. The van der Waals surface area contributed by atoms with Crippen LogP contribution in [0.2, 0.25) is 5.02 Å². The zero-order valence-corrected chi connectivity index (χ0v) is 20.9. The minimum Gasteiger partial charge on any atom is -0.327 e. The van der Waals surface area contributed by atoms with E-state index < -0.39 is 0 Å². The van der Waals surface area contributed by atoms with Crippen LogP contribution in [-0.2, 0) is 9.59 Å². The van der Waals surface area contributed by atoms with Crippen LogP contribution in [0.15, 0.2) is 97.1 Å². The van der Waals surface area contributed by atoms with Gasteiger partial charge in [0.25, 0.3) is 0 Å². The lowest BCUT2D eigenvalue weighted by Crippen LogP contribution is -2.41. The maximum Gasteiger partial charge on any atom is 0.247 e. The van der Waals surface area contributed by atoms with E-state index in [0.717, 1.165) is 11.1 Å². The summed E-state index contributed by atoms with van der Waals surface area (Å²) in [5.41, 5.74) is 3.15. The van der Waals surface area contributed by atoms with E-state index in [1.165, 1.54) is 11.0 Å². The van der Waals surface area contributed by atoms with Crippen LogP contribution >= 0.6 is 11.6 Å². The fourth-order valence-corrected chi connectivity index (χ4v) is 3.92. The summed E-state index contributed by atoms with van der Waals surface area (Å²) in [4.78, 5) is 27.5. The van der Waals surface area contributed by atoms with Gasteiger partial charge in [-0.15, -0.1) is 0 Å². The lowest BCUT2D eigenvalue weighted by molar-refractivity contribution is -0.132. The third-order valence-electron chi connectivity index (χ3n) is 5.57. The van der Waals surface area contributed by atoms with Crippen molar-refractivity contribution in [3.05, 3.63) is 108 Å². The Labute approximate surface area is 215 Å². The molecule has 0 saturated carbocycles. The number of carbonyl (C=O) groups is 2. The highest BCUT2D eigenvalue weighted by atomic mass is 35.5. The lowest BCUT2D eigenvalue weighted by atomic mass is 10.1. The molecule has 7 heteroatoms. The van der Waals surface area contributed by atoms with Crippen molar-refractivity contribution in [2.24, 2.45) is 0 Å². The molecule has 1 aromatic heterocycles. The minimum atomic E-state index is -0.335. The number of anilines is 1. The first-order chi connectivity index (χ1) is 17.4. The first-order valence-corrected chi connectivity index (χ1v) is 12.0.